The van der Waals surface area contributed by atoms with E-state index in [0.29, 0.717) is 21.6 Å². The molecule has 0 amide bonds. The quantitative estimate of drug-likeness (QED) is 0.348. The molecule has 2 heterocycles. The second-order valence-corrected chi connectivity index (χ2v) is 10.8. The molecule has 0 aliphatic heterocycles. The molecule has 2 N–H and O–H groups in total. The Labute approximate surface area is 205 Å². The maximum atomic E-state index is 13.3. The molecule has 8 nitrogen and oxygen atoms in total. The Hall–Kier alpha value is -3.57. The first-order valence-corrected chi connectivity index (χ1v) is 13.2. The van der Waals surface area contributed by atoms with Gasteiger partial charge in [0.25, 0.3) is 10.0 Å². The number of methoxy groups -OCH3 is 1. The van der Waals surface area contributed by atoms with E-state index in [1.165, 1.54) is 30.6 Å². The van der Waals surface area contributed by atoms with Crippen LogP contribution in [0.15, 0.2) is 53.4 Å². The van der Waals surface area contributed by atoms with Crippen molar-refractivity contribution in [2.24, 2.45) is 0 Å². The minimum absolute atomic E-state index is 0.0461. The minimum atomic E-state index is -4.09. The first-order valence-electron chi connectivity index (χ1n) is 10.9. The summed E-state index contributed by atoms with van der Waals surface area (Å²) in [6.45, 7) is 0. The number of thiophene rings is 1. The average molecular weight is 513 g/mol. The van der Waals surface area contributed by atoms with Crippen LogP contribution in [0, 0.1) is 5.82 Å². The predicted molar refractivity (Wildman–Crippen MR) is 132 cm³/mol. The molecule has 4 aromatic rings. The highest BCUT2D eigenvalue weighted by atomic mass is 32.2. The fourth-order valence-electron chi connectivity index (χ4n) is 4.04. The summed E-state index contributed by atoms with van der Waals surface area (Å²) in [5.74, 6) is -0.920. The summed E-state index contributed by atoms with van der Waals surface area (Å²) in [5, 5.41) is 3.67. The summed E-state index contributed by atoms with van der Waals surface area (Å²) in [7, 11) is -2.76. The Balaban J connectivity index is 1.60. The summed E-state index contributed by atoms with van der Waals surface area (Å²) in [4.78, 5) is 22.7. The Kier molecular flexibility index (Phi) is 6.12. The third-order valence-corrected chi connectivity index (χ3v) is 8.28. The predicted octanol–water partition coefficient (Wildman–Crippen LogP) is 5.04. The van der Waals surface area contributed by atoms with Gasteiger partial charge in [-0.2, -0.15) is 0 Å². The number of rotatable bonds is 6. The van der Waals surface area contributed by atoms with Gasteiger partial charge in [0.1, 0.15) is 10.8 Å². The first kappa shape index (κ1) is 23.2. The lowest BCUT2D eigenvalue weighted by molar-refractivity contribution is 0.0601. The second kappa shape index (κ2) is 9.23. The fourth-order valence-corrected chi connectivity index (χ4v) is 6.32. The number of halogens is 1. The van der Waals surface area contributed by atoms with Crippen LogP contribution in [0.4, 0.5) is 21.0 Å². The van der Waals surface area contributed by atoms with Crippen molar-refractivity contribution in [3.05, 3.63) is 70.4 Å². The standard InChI is InChI=1S/C24H21FN4O4S2/c1-33-24(30)20-16-6-2-5-9-19(16)34-23(20)28-21-22(27-18-8-4-3-7-17(18)26-21)29-35(31,32)15-12-10-14(25)11-13-15/h3-4,7-8,10-13H,2,5-6,9H2,1H3,(H,26,28)(H,27,29). The maximum absolute atomic E-state index is 13.3. The first-order chi connectivity index (χ1) is 16.9. The number of fused-ring (bicyclic) bond motifs is 2. The van der Waals surface area contributed by atoms with Gasteiger partial charge >= 0.3 is 5.97 Å². The number of carbonyl (C=O) groups is 1. The van der Waals surface area contributed by atoms with E-state index >= 15 is 0 Å². The molecule has 0 radical (unpaired) electrons. The van der Waals surface area contributed by atoms with E-state index in [0.717, 1.165) is 48.3 Å². The van der Waals surface area contributed by atoms with Crippen molar-refractivity contribution < 1.29 is 22.3 Å². The topological polar surface area (TPSA) is 110 Å². The lowest BCUT2D eigenvalue weighted by Gasteiger charge is -2.14. The number of benzene rings is 2. The van der Waals surface area contributed by atoms with Gasteiger partial charge < -0.3 is 10.1 Å². The van der Waals surface area contributed by atoms with E-state index in [2.05, 4.69) is 20.0 Å². The van der Waals surface area contributed by atoms with Gasteiger partial charge in [-0.25, -0.2) is 27.6 Å². The molecule has 1 aliphatic rings. The maximum Gasteiger partial charge on any atom is 0.341 e. The van der Waals surface area contributed by atoms with Gasteiger partial charge in [-0.15, -0.1) is 11.3 Å². The molecule has 0 atom stereocenters. The smallest absolute Gasteiger partial charge is 0.341 e. The largest absolute Gasteiger partial charge is 0.465 e. The molecular weight excluding hydrogens is 491 g/mol. The molecule has 0 spiro atoms. The van der Waals surface area contributed by atoms with Gasteiger partial charge in [0.2, 0.25) is 0 Å². The molecule has 5 rings (SSSR count). The van der Waals surface area contributed by atoms with Crippen molar-refractivity contribution in [3.63, 3.8) is 0 Å². The van der Waals surface area contributed by atoms with E-state index in [4.69, 9.17) is 4.74 Å². The van der Waals surface area contributed by atoms with Gasteiger partial charge in [-0.1, -0.05) is 12.1 Å². The fraction of sp³-hybridized carbons (Fsp3) is 0.208. The van der Waals surface area contributed by atoms with Crippen LogP contribution >= 0.6 is 11.3 Å². The van der Waals surface area contributed by atoms with Gasteiger partial charge in [-0.3, -0.25) is 4.72 Å². The Morgan fingerprint density at radius 3 is 2.34 bits per heavy atom. The van der Waals surface area contributed by atoms with Crippen LogP contribution < -0.4 is 10.0 Å². The highest BCUT2D eigenvalue weighted by Gasteiger charge is 2.27. The van der Waals surface area contributed by atoms with Gasteiger partial charge in [0.05, 0.1) is 28.6 Å². The summed E-state index contributed by atoms with van der Waals surface area (Å²) in [5.41, 5.74) is 2.42. The van der Waals surface area contributed by atoms with E-state index in [9.17, 15) is 17.6 Å². The summed E-state index contributed by atoms with van der Waals surface area (Å²) in [6.07, 6.45) is 3.64. The van der Waals surface area contributed by atoms with Crippen LogP contribution in [-0.4, -0.2) is 31.5 Å². The SMILES string of the molecule is COC(=O)c1c(Nc2nc3ccccc3nc2NS(=O)(=O)c2ccc(F)cc2)sc2c1CCCC2. The number of sulfonamides is 1. The molecule has 0 unspecified atom stereocenters. The van der Waals surface area contributed by atoms with E-state index in [1.807, 2.05) is 0 Å². The number of esters is 1. The number of nitrogens with zero attached hydrogens (tertiary/aromatic N) is 2. The molecule has 0 fully saturated rings. The lowest BCUT2D eigenvalue weighted by atomic mass is 9.95. The number of nitrogens with one attached hydrogen (secondary N) is 2. The Bertz CT molecular complexity index is 1540. The molecule has 2 aromatic carbocycles. The zero-order valence-electron chi connectivity index (χ0n) is 18.7. The van der Waals surface area contributed by atoms with Crippen molar-refractivity contribution in [2.75, 3.05) is 17.1 Å². The molecule has 2 aromatic heterocycles. The Morgan fingerprint density at radius 1 is 1.00 bits per heavy atom. The number of aryl methyl sites for hydroxylation is 1. The molecule has 1 aliphatic carbocycles. The molecule has 0 saturated heterocycles. The van der Waals surface area contributed by atoms with Crippen molar-refractivity contribution in [1.29, 1.82) is 0 Å². The number of carbonyl (C=O) groups excluding carboxylic acids is 1. The average Bonchev–Trinajstić information content (AvgIpc) is 3.22. The third-order valence-electron chi connectivity index (χ3n) is 5.72. The normalized spacial score (nSPS) is 13.3. The molecule has 0 saturated carbocycles. The van der Waals surface area contributed by atoms with Crippen molar-refractivity contribution >= 4 is 55.0 Å². The molecular formula is C24H21FN4O4S2. The van der Waals surface area contributed by atoms with Crippen LogP contribution in [-0.2, 0) is 27.6 Å². The molecule has 11 heteroatoms. The van der Waals surface area contributed by atoms with E-state index in [1.54, 1.807) is 24.3 Å². The second-order valence-electron chi connectivity index (χ2n) is 8.00. The van der Waals surface area contributed by atoms with Crippen LogP contribution in [0.25, 0.3) is 11.0 Å². The summed E-state index contributed by atoms with van der Waals surface area (Å²) < 4.78 is 46.9. The number of ether oxygens (including phenoxy) is 1. The van der Waals surface area contributed by atoms with Gasteiger partial charge in [0, 0.05) is 4.88 Å². The van der Waals surface area contributed by atoms with Crippen LogP contribution in [0.1, 0.15) is 33.6 Å². The summed E-state index contributed by atoms with van der Waals surface area (Å²) >= 11 is 1.43. The minimum Gasteiger partial charge on any atom is -0.465 e. The zero-order valence-corrected chi connectivity index (χ0v) is 20.3. The summed E-state index contributed by atoms with van der Waals surface area (Å²) in [6, 6.07) is 11.5. The third kappa shape index (κ3) is 4.56. The molecule has 0 bridgehead atoms. The number of anilines is 3. The van der Waals surface area contributed by atoms with Crippen molar-refractivity contribution in [3.8, 4) is 0 Å². The Morgan fingerprint density at radius 2 is 1.66 bits per heavy atom. The van der Waals surface area contributed by atoms with Crippen LogP contribution in [0.3, 0.4) is 0 Å². The van der Waals surface area contributed by atoms with Gasteiger partial charge in [0.15, 0.2) is 11.6 Å². The van der Waals surface area contributed by atoms with Crippen LogP contribution in [0.5, 0.6) is 0 Å². The number of hydrogen-bond acceptors (Lipinski definition) is 8. The van der Waals surface area contributed by atoms with E-state index in [-0.39, 0.29) is 16.5 Å². The van der Waals surface area contributed by atoms with Crippen LogP contribution in [0.2, 0.25) is 0 Å². The van der Waals surface area contributed by atoms with Gasteiger partial charge in [-0.05, 0) is 67.6 Å². The highest BCUT2D eigenvalue weighted by Crippen LogP contribution is 2.40. The number of aromatic nitrogens is 2. The van der Waals surface area contributed by atoms with E-state index < -0.39 is 21.8 Å². The number of hydrogen-bond donors (Lipinski definition) is 2. The lowest BCUT2D eigenvalue weighted by Crippen LogP contribution is -2.16. The number of para-hydroxylation sites is 2. The molecule has 35 heavy (non-hydrogen) atoms. The van der Waals surface area contributed by atoms with Crippen molar-refractivity contribution in [2.45, 2.75) is 30.6 Å². The zero-order chi connectivity index (χ0) is 24.6. The molecule has 180 valence electrons. The highest BCUT2D eigenvalue weighted by molar-refractivity contribution is 7.92. The van der Waals surface area contributed by atoms with Crippen molar-refractivity contribution in [1.82, 2.24) is 9.97 Å². The monoisotopic (exact) mass is 512 g/mol.